The summed E-state index contributed by atoms with van der Waals surface area (Å²) in [6.07, 6.45) is 4.31. The van der Waals surface area contributed by atoms with E-state index in [1.165, 1.54) is 23.1 Å². The molecule has 2 saturated carbocycles. The Morgan fingerprint density at radius 1 is 1.05 bits per heavy atom. The first-order valence-electron chi connectivity index (χ1n) is 7.33. The Morgan fingerprint density at radius 3 is 2.14 bits per heavy atom. The van der Waals surface area contributed by atoms with Crippen LogP contribution in [0.5, 0.6) is 0 Å². The predicted octanol–water partition coefficient (Wildman–Crippen LogP) is 2.17. The smallest absolute Gasteiger partial charge is 0.335 e. The number of carbonyl (C=O) groups is 3. The van der Waals surface area contributed by atoms with Gasteiger partial charge in [0.15, 0.2) is 0 Å². The molecule has 1 heterocycles. The zero-order valence-electron chi connectivity index (χ0n) is 11.4. The molecule has 1 aromatic carbocycles. The largest absolute Gasteiger partial charge is 0.478 e. The second-order valence-corrected chi connectivity index (χ2v) is 6.21. The van der Waals surface area contributed by atoms with Crippen molar-refractivity contribution in [1.82, 2.24) is 4.90 Å². The highest BCUT2D eigenvalue weighted by atomic mass is 16.4. The zero-order chi connectivity index (χ0) is 14.7. The van der Waals surface area contributed by atoms with Gasteiger partial charge >= 0.3 is 5.97 Å². The van der Waals surface area contributed by atoms with Crippen molar-refractivity contribution in [3.05, 3.63) is 34.9 Å². The second kappa shape index (κ2) is 4.16. The van der Waals surface area contributed by atoms with Gasteiger partial charge in [-0.1, -0.05) is 0 Å². The van der Waals surface area contributed by atoms with Gasteiger partial charge in [-0.25, -0.2) is 4.79 Å². The van der Waals surface area contributed by atoms with E-state index in [9.17, 15) is 14.4 Å². The topological polar surface area (TPSA) is 74.7 Å². The molecule has 1 N–H and O–H groups in total. The lowest BCUT2D eigenvalue weighted by molar-refractivity contribution is 0.0541. The summed E-state index contributed by atoms with van der Waals surface area (Å²) < 4.78 is 0. The number of fused-ring (bicyclic) bond motifs is 1. The van der Waals surface area contributed by atoms with Crippen molar-refractivity contribution in [2.75, 3.05) is 0 Å². The molecule has 108 valence electrons. The fourth-order valence-electron chi connectivity index (χ4n) is 3.35. The third-order valence-corrected chi connectivity index (χ3v) is 4.67. The molecule has 0 spiro atoms. The summed E-state index contributed by atoms with van der Waals surface area (Å²) >= 11 is 0. The Morgan fingerprint density at radius 2 is 1.62 bits per heavy atom. The first kappa shape index (κ1) is 12.6. The molecule has 3 aliphatic rings. The van der Waals surface area contributed by atoms with E-state index < -0.39 is 5.97 Å². The lowest BCUT2D eigenvalue weighted by Gasteiger charge is -2.26. The highest BCUT2D eigenvalue weighted by Gasteiger charge is 2.51. The number of carboxylic acid groups (broad SMARTS) is 1. The Balaban J connectivity index is 1.73. The number of nitrogens with zero attached hydrogens (tertiary/aromatic N) is 1. The van der Waals surface area contributed by atoms with E-state index in [0.717, 1.165) is 25.7 Å². The van der Waals surface area contributed by atoms with Gasteiger partial charge in [-0.3, -0.25) is 14.5 Å². The van der Waals surface area contributed by atoms with E-state index in [1.54, 1.807) is 0 Å². The first-order chi connectivity index (χ1) is 10.1. The third-order valence-electron chi connectivity index (χ3n) is 4.67. The molecular weight excluding hydrogens is 270 g/mol. The van der Waals surface area contributed by atoms with E-state index in [1.807, 2.05) is 0 Å². The summed E-state index contributed by atoms with van der Waals surface area (Å²) in [5.74, 6) is -0.771. The summed E-state index contributed by atoms with van der Waals surface area (Å²) in [5, 5.41) is 9.03. The standard InChI is InChI=1S/C16H15NO4/c18-14-11-6-5-10(16(20)21)7-12(11)15(19)17(14)13(8-1-2-8)9-3-4-9/h5-9,13H,1-4H2,(H,20,21). The molecule has 4 rings (SSSR count). The number of imide groups is 1. The predicted molar refractivity (Wildman–Crippen MR) is 73.1 cm³/mol. The van der Waals surface area contributed by atoms with Gasteiger partial charge in [0, 0.05) is 6.04 Å². The molecule has 2 amide bonds. The Hall–Kier alpha value is -2.17. The SMILES string of the molecule is O=C(O)c1ccc2c(c1)C(=O)N(C(C1CC1)C1CC1)C2=O. The van der Waals surface area contributed by atoms with Gasteiger partial charge in [0.25, 0.3) is 11.8 Å². The molecule has 0 bridgehead atoms. The van der Waals surface area contributed by atoms with E-state index in [4.69, 9.17) is 5.11 Å². The van der Waals surface area contributed by atoms with Crippen LogP contribution in [0.1, 0.15) is 56.8 Å². The minimum absolute atomic E-state index is 0.0191. The van der Waals surface area contributed by atoms with E-state index in [2.05, 4.69) is 0 Å². The average Bonchev–Trinajstić information content (AvgIpc) is 3.36. The maximum atomic E-state index is 12.6. The van der Waals surface area contributed by atoms with E-state index >= 15 is 0 Å². The number of hydrogen-bond donors (Lipinski definition) is 1. The molecule has 2 aliphatic carbocycles. The molecule has 0 aromatic heterocycles. The van der Waals surface area contributed by atoms with Gasteiger partial charge in [0.2, 0.25) is 0 Å². The molecule has 0 saturated heterocycles. The summed E-state index contributed by atoms with van der Waals surface area (Å²) in [6.45, 7) is 0. The molecule has 5 nitrogen and oxygen atoms in total. The van der Waals surface area contributed by atoms with E-state index in [0.29, 0.717) is 17.4 Å². The van der Waals surface area contributed by atoms with Gasteiger partial charge in [-0.2, -0.15) is 0 Å². The lowest BCUT2D eigenvalue weighted by Crippen LogP contribution is -2.42. The normalized spacial score (nSPS) is 21.1. The zero-order valence-corrected chi connectivity index (χ0v) is 11.4. The van der Waals surface area contributed by atoms with Crippen LogP contribution in [0, 0.1) is 11.8 Å². The number of benzene rings is 1. The Kier molecular flexibility index (Phi) is 2.49. The highest BCUT2D eigenvalue weighted by Crippen LogP contribution is 2.48. The number of rotatable bonds is 4. The Bertz CT molecular complexity index is 661. The minimum Gasteiger partial charge on any atom is -0.478 e. The maximum Gasteiger partial charge on any atom is 0.335 e. The van der Waals surface area contributed by atoms with Crippen molar-refractivity contribution in [3.8, 4) is 0 Å². The summed E-state index contributed by atoms with van der Waals surface area (Å²) in [7, 11) is 0. The first-order valence-corrected chi connectivity index (χ1v) is 7.33. The molecule has 0 radical (unpaired) electrons. The van der Waals surface area contributed by atoms with Gasteiger partial charge in [0.05, 0.1) is 16.7 Å². The van der Waals surface area contributed by atoms with Crippen molar-refractivity contribution in [3.63, 3.8) is 0 Å². The molecule has 0 atom stereocenters. The number of carboxylic acids is 1. The van der Waals surface area contributed by atoms with Gasteiger partial charge in [0.1, 0.15) is 0 Å². The highest BCUT2D eigenvalue weighted by molar-refractivity contribution is 6.22. The van der Waals surface area contributed by atoms with E-state index in [-0.39, 0.29) is 29.0 Å². The van der Waals surface area contributed by atoms with Crippen LogP contribution in [0.4, 0.5) is 0 Å². The number of aromatic carboxylic acids is 1. The van der Waals surface area contributed by atoms with Crippen LogP contribution in [0.15, 0.2) is 18.2 Å². The van der Waals surface area contributed by atoms with Gasteiger partial charge < -0.3 is 5.11 Å². The Labute approximate surface area is 121 Å². The van der Waals surface area contributed by atoms with Crippen molar-refractivity contribution in [2.24, 2.45) is 11.8 Å². The summed E-state index contributed by atoms with van der Waals surface area (Å²) in [4.78, 5) is 37.6. The van der Waals surface area contributed by atoms with Crippen LogP contribution in [0.2, 0.25) is 0 Å². The number of amides is 2. The summed E-state index contributed by atoms with van der Waals surface area (Å²) in [6, 6.07) is 4.20. The molecule has 1 aromatic rings. The lowest BCUT2D eigenvalue weighted by atomic mass is 10.1. The molecule has 0 unspecified atom stereocenters. The monoisotopic (exact) mass is 285 g/mol. The third kappa shape index (κ3) is 1.87. The van der Waals surface area contributed by atoms with Gasteiger partial charge in [-0.05, 0) is 55.7 Å². The van der Waals surface area contributed by atoms with Crippen molar-refractivity contribution in [1.29, 1.82) is 0 Å². The van der Waals surface area contributed by atoms with Crippen molar-refractivity contribution in [2.45, 2.75) is 31.7 Å². The molecule has 1 aliphatic heterocycles. The quantitative estimate of drug-likeness (QED) is 0.860. The average molecular weight is 285 g/mol. The maximum absolute atomic E-state index is 12.6. The second-order valence-electron chi connectivity index (χ2n) is 6.21. The van der Waals surface area contributed by atoms with Crippen LogP contribution in [0.25, 0.3) is 0 Å². The molecule has 2 fully saturated rings. The fraction of sp³-hybridized carbons (Fsp3) is 0.438. The van der Waals surface area contributed by atoms with Crippen molar-refractivity contribution >= 4 is 17.8 Å². The van der Waals surface area contributed by atoms with Gasteiger partial charge in [-0.15, -0.1) is 0 Å². The van der Waals surface area contributed by atoms with Crippen molar-refractivity contribution < 1.29 is 19.5 Å². The molecular formula is C16H15NO4. The van der Waals surface area contributed by atoms with Crippen LogP contribution in [-0.4, -0.2) is 33.8 Å². The number of carbonyl (C=O) groups excluding carboxylic acids is 2. The van der Waals surface area contributed by atoms with Crippen LogP contribution < -0.4 is 0 Å². The van der Waals surface area contributed by atoms with Crippen LogP contribution in [-0.2, 0) is 0 Å². The van der Waals surface area contributed by atoms with Crippen LogP contribution in [0.3, 0.4) is 0 Å². The fourth-order valence-corrected chi connectivity index (χ4v) is 3.35. The molecule has 21 heavy (non-hydrogen) atoms. The summed E-state index contributed by atoms with van der Waals surface area (Å²) in [5.41, 5.74) is 0.633. The number of hydrogen-bond acceptors (Lipinski definition) is 3. The van der Waals surface area contributed by atoms with Crippen LogP contribution >= 0.6 is 0 Å². The minimum atomic E-state index is -1.09. The molecule has 5 heteroatoms.